The number of carboxylic acids is 1. The number of hydrogen-bond acceptors (Lipinski definition) is 8. The van der Waals surface area contributed by atoms with E-state index in [0.717, 1.165) is 0 Å². The number of carbonyl (C=O) groups excluding carboxylic acids is 3. The maximum atomic E-state index is 12.9. The van der Waals surface area contributed by atoms with Crippen molar-refractivity contribution < 1.29 is 29.4 Å². The molecule has 1 aromatic heterocycles. The van der Waals surface area contributed by atoms with Crippen LogP contribution < -0.4 is 21.7 Å². The molecule has 0 saturated heterocycles. The number of carbonyl (C=O) groups is 4. The Bertz CT molecular complexity index is 958. The summed E-state index contributed by atoms with van der Waals surface area (Å²) in [5, 5.41) is 25.5. The van der Waals surface area contributed by atoms with Gasteiger partial charge < -0.3 is 36.9 Å². The van der Waals surface area contributed by atoms with Crippen molar-refractivity contribution in [1.29, 1.82) is 0 Å². The first-order valence-electron chi connectivity index (χ1n) is 10.4. The lowest BCUT2D eigenvalue weighted by Gasteiger charge is -2.24. The molecule has 0 radical (unpaired) electrons. The number of aromatic amines is 1. The zero-order valence-electron chi connectivity index (χ0n) is 18.2. The number of thiol groups is 1. The Hall–Kier alpha value is -3.42. The average Bonchev–Trinajstić information content (AvgIpc) is 3.33. The number of carboxylic acid groups (broad SMARTS) is 1. The van der Waals surface area contributed by atoms with Crippen LogP contribution in [0.4, 0.5) is 0 Å². The number of amides is 3. The zero-order valence-corrected chi connectivity index (χ0v) is 19.1. The summed E-state index contributed by atoms with van der Waals surface area (Å²) in [4.78, 5) is 55.9. The monoisotopic (exact) mass is 492 g/mol. The van der Waals surface area contributed by atoms with Crippen LogP contribution in [-0.4, -0.2) is 80.4 Å². The van der Waals surface area contributed by atoms with Crippen LogP contribution in [0.2, 0.25) is 0 Å². The highest BCUT2D eigenvalue weighted by atomic mass is 32.1. The molecular formula is C21H28N6O6S. The molecule has 0 saturated carbocycles. The number of aliphatic hydroxyl groups is 1. The van der Waals surface area contributed by atoms with Crippen molar-refractivity contribution in [1.82, 2.24) is 25.9 Å². The summed E-state index contributed by atoms with van der Waals surface area (Å²) in [6.07, 6.45) is 3.19. The first kappa shape index (κ1) is 26.8. The third-order valence-electron chi connectivity index (χ3n) is 4.86. The Labute approximate surface area is 201 Å². The molecular weight excluding hydrogens is 464 g/mol. The van der Waals surface area contributed by atoms with Gasteiger partial charge in [-0.1, -0.05) is 30.3 Å². The molecule has 12 nitrogen and oxygen atoms in total. The predicted octanol–water partition coefficient (Wildman–Crippen LogP) is -2.02. The number of nitrogens with one attached hydrogen (secondary N) is 4. The van der Waals surface area contributed by atoms with Gasteiger partial charge >= 0.3 is 5.97 Å². The van der Waals surface area contributed by atoms with Crippen molar-refractivity contribution in [3.05, 3.63) is 54.1 Å². The first-order chi connectivity index (χ1) is 16.2. The van der Waals surface area contributed by atoms with Crippen molar-refractivity contribution in [2.45, 2.75) is 37.0 Å². The summed E-state index contributed by atoms with van der Waals surface area (Å²) in [7, 11) is 0. The SMILES string of the molecule is NC(Cc1cnc[nH]1)C(=O)NC(CS)C(=O)NC(Cc1ccccc1)C(=O)NC(CO)C(=O)O. The zero-order chi connectivity index (χ0) is 25.1. The van der Waals surface area contributed by atoms with Gasteiger partial charge in [0.2, 0.25) is 17.7 Å². The van der Waals surface area contributed by atoms with E-state index in [2.05, 4.69) is 38.5 Å². The minimum atomic E-state index is -1.54. The van der Waals surface area contributed by atoms with E-state index < -0.39 is 54.5 Å². The molecule has 34 heavy (non-hydrogen) atoms. The molecule has 2 rings (SSSR count). The molecule has 4 unspecified atom stereocenters. The number of aliphatic carboxylic acids is 1. The lowest BCUT2D eigenvalue weighted by Crippen LogP contribution is -2.58. The molecule has 0 spiro atoms. The normalized spacial score (nSPS) is 14.3. The van der Waals surface area contributed by atoms with Crippen LogP contribution in [0.5, 0.6) is 0 Å². The van der Waals surface area contributed by atoms with Crippen molar-refractivity contribution in [3.63, 3.8) is 0 Å². The van der Waals surface area contributed by atoms with Crippen LogP contribution in [0.25, 0.3) is 0 Å². The molecule has 0 bridgehead atoms. The summed E-state index contributed by atoms with van der Waals surface area (Å²) < 4.78 is 0. The molecule has 1 aromatic carbocycles. The van der Waals surface area contributed by atoms with Crippen LogP contribution in [0, 0.1) is 0 Å². The van der Waals surface area contributed by atoms with Gasteiger partial charge in [0.05, 0.1) is 19.0 Å². The standard InChI is InChI=1S/C21H28N6O6S/c22-14(7-13-8-23-11-24-13)18(29)27-17(10-34)20(31)25-15(6-12-4-2-1-3-5-12)19(30)26-16(9-28)21(32)33/h1-5,8,11,14-17,28,34H,6-7,9-10,22H2,(H,23,24)(H,25,31)(H,26,30)(H,27,29)(H,32,33). The summed E-state index contributed by atoms with van der Waals surface area (Å²) >= 11 is 4.11. The van der Waals surface area contributed by atoms with E-state index >= 15 is 0 Å². The molecule has 0 fully saturated rings. The Morgan fingerprint density at radius 3 is 2.15 bits per heavy atom. The van der Waals surface area contributed by atoms with E-state index in [1.165, 1.54) is 12.5 Å². The van der Waals surface area contributed by atoms with E-state index in [0.29, 0.717) is 11.3 Å². The Morgan fingerprint density at radius 1 is 0.971 bits per heavy atom. The van der Waals surface area contributed by atoms with Crippen LogP contribution >= 0.6 is 12.6 Å². The molecule has 13 heteroatoms. The van der Waals surface area contributed by atoms with Gasteiger partial charge in [0.1, 0.15) is 18.1 Å². The van der Waals surface area contributed by atoms with Crippen LogP contribution in [0.3, 0.4) is 0 Å². The molecule has 2 aromatic rings. The van der Waals surface area contributed by atoms with Crippen molar-refractivity contribution >= 4 is 36.3 Å². The van der Waals surface area contributed by atoms with Crippen LogP contribution in [-0.2, 0) is 32.0 Å². The lowest BCUT2D eigenvalue weighted by atomic mass is 10.0. The molecule has 3 amide bonds. The average molecular weight is 493 g/mol. The lowest BCUT2D eigenvalue weighted by molar-refractivity contribution is -0.143. The number of imidazole rings is 1. The highest BCUT2D eigenvalue weighted by molar-refractivity contribution is 7.80. The Balaban J connectivity index is 2.08. The number of nitrogens with two attached hydrogens (primary N) is 1. The number of hydrogen-bond donors (Lipinski definition) is 8. The molecule has 0 aliphatic rings. The summed E-state index contributed by atoms with van der Waals surface area (Å²) in [5.41, 5.74) is 7.25. The van der Waals surface area contributed by atoms with Gasteiger partial charge in [0.25, 0.3) is 0 Å². The second kappa shape index (κ2) is 13.3. The van der Waals surface area contributed by atoms with Gasteiger partial charge in [-0.25, -0.2) is 9.78 Å². The van der Waals surface area contributed by atoms with Gasteiger partial charge in [0, 0.05) is 30.5 Å². The van der Waals surface area contributed by atoms with Crippen LogP contribution in [0.15, 0.2) is 42.9 Å². The molecule has 0 aliphatic carbocycles. The van der Waals surface area contributed by atoms with E-state index in [1.807, 2.05) is 0 Å². The van der Waals surface area contributed by atoms with Gasteiger partial charge in [0.15, 0.2) is 0 Å². The highest BCUT2D eigenvalue weighted by Crippen LogP contribution is 2.05. The van der Waals surface area contributed by atoms with Crippen LogP contribution in [0.1, 0.15) is 11.3 Å². The number of aliphatic hydroxyl groups excluding tert-OH is 1. The Kier molecular flexibility index (Phi) is 10.5. The summed E-state index contributed by atoms with van der Waals surface area (Å²) in [5.74, 6) is -3.61. The van der Waals surface area contributed by atoms with E-state index in [1.54, 1.807) is 30.3 Å². The van der Waals surface area contributed by atoms with Crippen molar-refractivity contribution in [3.8, 4) is 0 Å². The van der Waals surface area contributed by atoms with Gasteiger partial charge in [-0.05, 0) is 5.56 Å². The highest BCUT2D eigenvalue weighted by Gasteiger charge is 2.30. The number of aromatic nitrogens is 2. The van der Waals surface area contributed by atoms with Gasteiger partial charge in [-0.2, -0.15) is 12.6 Å². The second-order valence-corrected chi connectivity index (χ2v) is 7.83. The molecule has 1 heterocycles. The third kappa shape index (κ3) is 8.17. The fourth-order valence-corrected chi connectivity index (χ4v) is 3.25. The fraction of sp³-hybridized carbons (Fsp3) is 0.381. The van der Waals surface area contributed by atoms with E-state index in [9.17, 15) is 24.3 Å². The quantitative estimate of drug-likeness (QED) is 0.146. The number of benzene rings is 1. The van der Waals surface area contributed by atoms with E-state index in [-0.39, 0.29) is 18.6 Å². The fourth-order valence-electron chi connectivity index (χ4n) is 2.99. The third-order valence-corrected chi connectivity index (χ3v) is 5.22. The minimum absolute atomic E-state index is 0.0444. The van der Waals surface area contributed by atoms with Crippen molar-refractivity contribution in [2.24, 2.45) is 5.73 Å². The van der Waals surface area contributed by atoms with E-state index in [4.69, 9.17) is 10.8 Å². The predicted molar refractivity (Wildman–Crippen MR) is 125 cm³/mol. The second-order valence-electron chi connectivity index (χ2n) is 7.46. The smallest absolute Gasteiger partial charge is 0.328 e. The molecule has 8 N–H and O–H groups in total. The first-order valence-corrected chi connectivity index (χ1v) is 11.0. The van der Waals surface area contributed by atoms with Crippen molar-refractivity contribution in [2.75, 3.05) is 12.4 Å². The number of rotatable bonds is 13. The number of nitrogens with zero attached hydrogens (tertiary/aromatic N) is 1. The number of H-pyrrole nitrogens is 1. The Morgan fingerprint density at radius 2 is 1.59 bits per heavy atom. The largest absolute Gasteiger partial charge is 0.480 e. The topological polar surface area (TPSA) is 200 Å². The molecule has 4 atom stereocenters. The summed E-state index contributed by atoms with van der Waals surface area (Å²) in [6.45, 7) is -0.823. The summed E-state index contributed by atoms with van der Waals surface area (Å²) in [6, 6.07) is 3.96. The maximum absolute atomic E-state index is 12.9. The maximum Gasteiger partial charge on any atom is 0.328 e. The molecule has 184 valence electrons. The minimum Gasteiger partial charge on any atom is -0.480 e. The van der Waals surface area contributed by atoms with Gasteiger partial charge in [-0.3, -0.25) is 14.4 Å². The van der Waals surface area contributed by atoms with Gasteiger partial charge in [-0.15, -0.1) is 0 Å². The molecule has 0 aliphatic heterocycles.